The van der Waals surface area contributed by atoms with Crippen LogP contribution in [0.15, 0.2) is 106 Å². The van der Waals surface area contributed by atoms with E-state index in [0.29, 0.717) is 38.9 Å². The maximum atomic E-state index is 13.3. The summed E-state index contributed by atoms with van der Waals surface area (Å²) in [6.07, 6.45) is 1.46. The number of rotatable bonds is 9. The number of carbonyl (C=O) groups excluding carboxylic acids is 5. The van der Waals surface area contributed by atoms with Crippen molar-refractivity contribution in [2.45, 2.75) is 30.4 Å². The normalized spacial score (nSPS) is 15.0. The molecule has 0 radical (unpaired) electrons. The van der Waals surface area contributed by atoms with Crippen molar-refractivity contribution in [1.82, 2.24) is 5.32 Å². The Morgan fingerprint density at radius 2 is 1.65 bits per heavy atom. The van der Waals surface area contributed by atoms with E-state index in [0.717, 1.165) is 4.90 Å². The zero-order valence-corrected chi connectivity index (χ0v) is 24.1. The van der Waals surface area contributed by atoms with E-state index < -0.39 is 17.1 Å². The van der Waals surface area contributed by atoms with Gasteiger partial charge in [-0.05, 0) is 80.6 Å². The predicted molar refractivity (Wildman–Crippen MR) is 164 cm³/mol. The fraction of sp³-hybridized carbons (Fsp3) is 0.121. The summed E-state index contributed by atoms with van der Waals surface area (Å²) in [6.45, 7) is 3.22. The van der Waals surface area contributed by atoms with E-state index in [1.807, 2.05) is 0 Å². The molecule has 5 rings (SSSR count). The number of carbonyl (C=O) groups is 5. The molecule has 4 aromatic rings. The van der Waals surface area contributed by atoms with E-state index in [1.54, 1.807) is 97.9 Å². The number of furan rings is 1. The van der Waals surface area contributed by atoms with Crippen LogP contribution in [-0.4, -0.2) is 34.7 Å². The van der Waals surface area contributed by atoms with Crippen LogP contribution in [0.4, 0.5) is 11.4 Å². The molecule has 2 heterocycles. The molecule has 0 unspecified atom stereocenters. The fourth-order valence-electron chi connectivity index (χ4n) is 4.44. The van der Waals surface area contributed by atoms with E-state index in [4.69, 9.17) is 4.42 Å². The lowest BCUT2D eigenvalue weighted by Gasteiger charge is -2.15. The summed E-state index contributed by atoms with van der Waals surface area (Å²) < 4.78 is 5.58. The molecule has 216 valence electrons. The van der Waals surface area contributed by atoms with Crippen LogP contribution in [0.25, 0.3) is 6.08 Å². The number of nitrogens with one attached hydrogen (secondary N) is 2. The Hall–Kier alpha value is -5.22. The smallest absolute Gasteiger partial charge is 0.272 e. The first-order valence-corrected chi connectivity index (χ1v) is 14.3. The second kappa shape index (κ2) is 12.7. The molecule has 0 spiro atoms. The molecule has 43 heavy (non-hydrogen) atoms. The van der Waals surface area contributed by atoms with Crippen molar-refractivity contribution in [2.24, 2.45) is 0 Å². The lowest BCUT2D eigenvalue weighted by Crippen LogP contribution is -2.31. The van der Waals surface area contributed by atoms with E-state index in [2.05, 4.69) is 10.6 Å². The second-order valence-corrected chi connectivity index (χ2v) is 11.1. The number of aryl methyl sites for hydroxylation is 1. The van der Waals surface area contributed by atoms with Crippen molar-refractivity contribution < 1.29 is 28.4 Å². The molecule has 1 fully saturated rings. The van der Waals surface area contributed by atoms with Gasteiger partial charge in [0.2, 0.25) is 11.8 Å². The van der Waals surface area contributed by atoms with Gasteiger partial charge in [0.05, 0.1) is 10.9 Å². The maximum absolute atomic E-state index is 13.3. The largest absolute Gasteiger partial charge is 0.462 e. The van der Waals surface area contributed by atoms with E-state index >= 15 is 0 Å². The third-order valence-corrected chi connectivity index (χ3v) is 7.76. The summed E-state index contributed by atoms with van der Waals surface area (Å²) in [5, 5.41) is 4.80. The van der Waals surface area contributed by atoms with Gasteiger partial charge < -0.3 is 15.1 Å². The average molecular weight is 594 g/mol. The SMILES string of the molecule is CC(=O)c1ccc(N2C(=O)C[C@H](Sc3cccc(NC(=O)/C(=C/c4ccc(C)o4)NC(=O)c4ccccc4)c3)C2=O)cc1. The minimum Gasteiger partial charge on any atom is -0.462 e. The summed E-state index contributed by atoms with van der Waals surface area (Å²) in [6, 6.07) is 25.2. The van der Waals surface area contributed by atoms with Crippen LogP contribution < -0.4 is 15.5 Å². The number of thioether (sulfide) groups is 1. The van der Waals surface area contributed by atoms with Crippen LogP contribution in [0.2, 0.25) is 0 Å². The van der Waals surface area contributed by atoms with Crippen LogP contribution in [-0.2, 0) is 14.4 Å². The molecule has 10 heteroatoms. The molecular formula is C33H27N3O6S. The first-order valence-electron chi connectivity index (χ1n) is 13.4. The van der Waals surface area contributed by atoms with E-state index in [9.17, 15) is 24.0 Å². The van der Waals surface area contributed by atoms with Crippen molar-refractivity contribution in [2.75, 3.05) is 10.2 Å². The molecule has 3 aromatic carbocycles. The molecule has 1 aliphatic heterocycles. The summed E-state index contributed by atoms with van der Waals surface area (Å²) in [5.41, 5.74) is 1.69. The molecular weight excluding hydrogens is 566 g/mol. The highest BCUT2D eigenvalue weighted by Crippen LogP contribution is 2.35. The number of amides is 4. The summed E-state index contributed by atoms with van der Waals surface area (Å²) in [5.74, 6) is -0.792. The summed E-state index contributed by atoms with van der Waals surface area (Å²) >= 11 is 1.22. The summed E-state index contributed by atoms with van der Waals surface area (Å²) in [4.78, 5) is 65.5. The Kier molecular flexibility index (Phi) is 8.68. The van der Waals surface area contributed by atoms with Crippen LogP contribution in [0.3, 0.4) is 0 Å². The number of anilines is 2. The molecule has 2 N–H and O–H groups in total. The van der Waals surface area contributed by atoms with Crippen LogP contribution in [0.1, 0.15) is 45.6 Å². The number of Topliss-reactive ketones (excluding diaryl/α,β-unsaturated/α-hetero) is 1. The zero-order valence-electron chi connectivity index (χ0n) is 23.3. The summed E-state index contributed by atoms with van der Waals surface area (Å²) in [7, 11) is 0. The lowest BCUT2D eigenvalue weighted by atomic mass is 10.1. The Bertz CT molecular complexity index is 1740. The molecule has 1 saturated heterocycles. The Morgan fingerprint density at radius 1 is 0.907 bits per heavy atom. The minimum absolute atomic E-state index is 0.00944. The number of nitrogens with zero attached hydrogens (tertiary/aromatic N) is 1. The van der Waals surface area contributed by atoms with Crippen molar-refractivity contribution >= 4 is 58.6 Å². The highest BCUT2D eigenvalue weighted by atomic mass is 32.2. The highest BCUT2D eigenvalue weighted by molar-refractivity contribution is 8.00. The zero-order chi connectivity index (χ0) is 30.5. The van der Waals surface area contributed by atoms with Crippen molar-refractivity contribution in [3.8, 4) is 0 Å². The maximum Gasteiger partial charge on any atom is 0.272 e. The van der Waals surface area contributed by atoms with Gasteiger partial charge in [-0.25, -0.2) is 4.90 Å². The molecule has 1 aliphatic rings. The molecule has 0 saturated carbocycles. The van der Waals surface area contributed by atoms with Gasteiger partial charge in [0.25, 0.3) is 11.8 Å². The van der Waals surface area contributed by atoms with Gasteiger partial charge in [0.15, 0.2) is 5.78 Å². The van der Waals surface area contributed by atoms with Gasteiger partial charge in [0.1, 0.15) is 17.2 Å². The van der Waals surface area contributed by atoms with Gasteiger partial charge in [-0.2, -0.15) is 0 Å². The monoisotopic (exact) mass is 593 g/mol. The molecule has 0 aliphatic carbocycles. The first kappa shape index (κ1) is 29.3. The Morgan fingerprint density at radius 3 is 2.33 bits per heavy atom. The van der Waals surface area contributed by atoms with E-state index in [1.165, 1.54) is 24.8 Å². The van der Waals surface area contributed by atoms with Crippen LogP contribution >= 0.6 is 11.8 Å². The third-order valence-electron chi connectivity index (χ3n) is 6.58. The molecule has 9 nitrogen and oxygen atoms in total. The van der Waals surface area contributed by atoms with Gasteiger partial charge >= 0.3 is 0 Å². The van der Waals surface area contributed by atoms with Crippen molar-refractivity contribution in [1.29, 1.82) is 0 Å². The Labute approximate surface area is 252 Å². The van der Waals surface area contributed by atoms with Crippen molar-refractivity contribution in [3.63, 3.8) is 0 Å². The number of imide groups is 1. The molecule has 1 atom stereocenters. The minimum atomic E-state index is -0.659. The van der Waals surface area contributed by atoms with Crippen LogP contribution in [0, 0.1) is 6.92 Å². The fourth-order valence-corrected chi connectivity index (χ4v) is 5.55. The first-order chi connectivity index (χ1) is 20.7. The lowest BCUT2D eigenvalue weighted by molar-refractivity contribution is -0.121. The van der Waals surface area contributed by atoms with Gasteiger partial charge in [-0.15, -0.1) is 11.8 Å². The number of benzene rings is 3. The van der Waals surface area contributed by atoms with Crippen LogP contribution in [0.5, 0.6) is 0 Å². The average Bonchev–Trinajstić information content (AvgIpc) is 3.53. The van der Waals surface area contributed by atoms with Crippen molar-refractivity contribution in [3.05, 3.63) is 119 Å². The predicted octanol–water partition coefficient (Wildman–Crippen LogP) is 5.62. The van der Waals surface area contributed by atoms with Gasteiger partial charge in [-0.3, -0.25) is 24.0 Å². The standard InChI is InChI=1S/C33H27N3O6S/c1-20-11-16-26(42-20)18-28(35-31(39)23-7-4-3-5-8-23)32(40)34-24-9-6-10-27(17-24)43-29-19-30(38)36(33(29)41)25-14-12-22(13-15-25)21(2)37/h3-18,29H,19H2,1-2H3,(H,34,40)(H,35,39)/b28-18-/t29-/m0/s1. The topological polar surface area (TPSA) is 126 Å². The molecule has 4 amide bonds. The number of hydrogen-bond donors (Lipinski definition) is 2. The quantitative estimate of drug-likeness (QED) is 0.146. The van der Waals surface area contributed by atoms with E-state index in [-0.39, 0.29) is 29.7 Å². The Balaban J connectivity index is 1.30. The second-order valence-electron chi connectivity index (χ2n) is 9.79. The molecule has 0 bridgehead atoms. The van der Waals surface area contributed by atoms with Gasteiger partial charge in [0, 0.05) is 34.2 Å². The molecule has 1 aromatic heterocycles. The third kappa shape index (κ3) is 6.99. The van der Waals surface area contributed by atoms with Gasteiger partial charge in [-0.1, -0.05) is 24.3 Å². The highest BCUT2D eigenvalue weighted by Gasteiger charge is 2.40. The number of ketones is 1. The number of hydrogen-bond acceptors (Lipinski definition) is 7.